The van der Waals surface area contributed by atoms with E-state index in [2.05, 4.69) is 5.32 Å². The Bertz CT molecular complexity index is 440. The third-order valence-corrected chi connectivity index (χ3v) is 4.68. The number of hydrogen-bond donors (Lipinski definition) is 1. The lowest BCUT2D eigenvalue weighted by atomic mass is 9.64. The van der Waals surface area contributed by atoms with Gasteiger partial charge in [0.05, 0.1) is 5.92 Å². The van der Waals surface area contributed by atoms with Crippen LogP contribution in [-0.2, 0) is 14.6 Å². The molecule has 17 heavy (non-hydrogen) atoms. The molecule has 4 heteroatoms. The first kappa shape index (κ1) is 9.71. The van der Waals surface area contributed by atoms with Crippen LogP contribution in [0.25, 0.3) is 0 Å². The van der Waals surface area contributed by atoms with Gasteiger partial charge in [-0.05, 0) is 43.1 Å². The van der Waals surface area contributed by atoms with Gasteiger partial charge in [0.2, 0.25) is 5.91 Å². The molecule has 0 spiro atoms. The summed E-state index contributed by atoms with van der Waals surface area (Å²) in [5, 5.41) is 2.85. The Labute approximate surface area is 99.6 Å². The minimum atomic E-state index is 0.136. The van der Waals surface area contributed by atoms with Crippen LogP contribution < -0.4 is 5.32 Å². The Hall–Kier alpha value is -1.29. The standard InChI is InChI=1S/C13H15NO3/c15-13-10-3-7-1-2-12-11(6-16-17-12)9(7)4-8(10)5-14-13/h5-7,9-10,12H,1-4H2,(H,14,15). The lowest BCUT2D eigenvalue weighted by Gasteiger charge is -2.40. The summed E-state index contributed by atoms with van der Waals surface area (Å²) in [7, 11) is 0. The largest absolute Gasteiger partial charge is 0.345 e. The van der Waals surface area contributed by atoms with Gasteiger partial charge in [-0.15, -0.1) is 0 Å². The maximum absolute atomic E-state index is 11.7. The molecule has 4 nitrogen and oxygen atoms in total. The molecule has 1 N–H and O–H groups in total. The van der Waals surface area contributed by atoms with E-state index in [1.807, 2.05) is 6.20 Å². The summed E-state index contributed by atoms with van der Waals surface area (Å²) in [6.07, 6.45) is 8.01. The fraction of sp³-hybridized carbons (Fsp3) is 0.615. The van der Waals surface area contributed by atoms with Gasteiger partial charge in [0.15, 0.2) is 0 Å². The van der Waals surface area contributed by atoms with E-state index in [-0.39, 0.29) is 17.9 Å². The predicted molar refractivity (Wildman–Crippen MR) is 59.2 cm³/mol. The van der Waals surface area contributed by atoms with Gasteiger partial charge in [-0.25, -0.2) is 0 Å². The van der Waals surface area contributed by atoms with E-state index in [1.54, 1.807) is 6.26 Å². The predicted octanol–water partition coefficient (Wildman–Crippen LogP) is 1.65. The Balaban J connectivity index is 1.65. The fourth-order valence-electron chi connectivity index (χ4n) is 3.78. The van der Waals surface area contributed by atoms with Crippen LogP contribution in [0.3, 0.4) is 0 Å². The van der Waals surface area contributed by atoms with Gasteiger partial charge in [0.25, 0.3) is 0 Å². The molecule has 2 fully saturated rings. The van der Waals surface area contributed by atoms with Crippen LogP contribution in [0.2, 0.25) is 0 Å². The molecule has 4 aliphatic rings. The van der Waals surface area contributed by atoms with Crippen LogP contribution in [0.4, 0.5) is 0 Å². The zero-order valence-corrected chi connectivity index (χ0v) is 9.52. The van der Waals surface area contributed by atoms with Crippen molar-refractivity contribution in [1.82, 2.24) is 5.32 Å². The van der Waals surface area contributed by atoms with Crippen LogP contribution >= 0.6 is 0 Å². The fourth-order valence-corrected chi connectivity index (χ4v) is 3.78. The van der Waals surface area contributed by atoms with Crippen molar-refractivity contribution in [3.05, 3.63) is 23.6 Å². The van der Waals surface area contributed by atoms with Gasteiger partial charge in [-0.2, -0.15) is 4.89 Å². The quantitative estimate of drug-likeness (QED) is 0.647. The van der Waals surface area contributed by atoms with Crippen molar-refractivity contribution < 1.29 is 14.6 Å². The van der Waals surface area contributed by atoms with E-state index >= 15 is 0 Å². The van der Waals surface area contributed by atoms with E-state index in [1.165, 1.54) is 11.1 Å². The average Bonchev–Trinajstić information content (AvgIpc) is 2.94. The van der Waals surface area contributed by atoms with Crippen molar-refractivity contribution in [2.24, 2.45) is 17.8 Å². The molecular formula is C13H15NO3. The highest BCUT2D eigenvalue weighted by atomic mass is 17.2. The second-order valence-electron chi connectivity index (χ2n) is 5.46. The molecule has 0 aromatic carbocycles. The summed E-state index contributed by atoms with van der Waals surface area (Å²) in [6, 6.07) is 0. The lowest BCUT2D eigenvalue weighted by Crippen LogP contribution is -2.37. The summed E-state index contributed by atoms with van der Waals surface area (Å²) in [5.41, 5.74) is 2.57. The van der Waals surface area contributed by atoms with Crippen LogP contribution in [0.1, 0.15) is 25.7 Å². The van der Waals surface area contributed by atoms with E-state index in [9.17, 15) is 4.79 Å². The molecule has 2 saturated carbocycles. The molecule has 4 rings (SSSR count). The van der Waals surface area contributed by atoms with Gasteiger partial charge < -0.3 is 10.2 Å². The highest BCUT2D eigenvalue weighted by Gasteiger charge is 2.46. The number of amides is 1. The molecule has 0 aromatic heterocycles. The molecule has 0 radical (unpaired) electrons. The normalized spacial score (nSPS) is 42.7. The second-order valence-corrected chi connectivity index (χ2v) is 5.46. The molecule has 1 amide bonds. The van der Waals surface area contributed by atoms with Gasteiger partial charge in [-0.1, -0.05) is 0 Å². The summed E-state index contributed by atoms with van der Waals surface area (Å²) < 4.78 is 0. The number of rotatable bonds is 0. The Morgan fingerprint density at radius 3 is 3.24 bits per heavy atom. The maximum Gasteiger partial charge on any atom is 0.231 e. The molecule has 4 unspecified atom stereocenters. The first-order valence-electron chi connectivity index (χ1n) is 6.34. The smallest absolute Gasteiger partial charge is 0.231 e. The summed E-state index contributed by atoms with van der Waals surface area (Å²) in [5.74, 6) is 1.46. The molecule has 0 bridgehead atoms. The van der Waals surface area contributed by atoms with Crippen molar-refractivity contribution in [3.8, 4) is 0 Å². The maximum atomic E-state index is 11.7. The summed E-state index contributed by atoms with van der Waals surface area (Å²) in [4.78, 5) is 21.9. The zero-order valence-electron chi connectivity index (χ0n) is 9.52. The average molecular weight is 233 g/mol. The van der Waals surface area contributed by atoms with Crippen LogP contribution in [-0.4, -0.2) is 12.0 Å². The van der Waals surface area contributed by atoms with Crippen molar-refractivity contribution in [3.63, 3.8) is 0 Å². The highest BCUT2D eigenvalue weighted by molar-refractivity contribution is 5.85. The lowest BCUT2D eigenvalue weighted by molar-refractivity contribution is -0.256. The van der Waals surface area contributed by atoms with Crippen LogP contribution in [0, 0.1) is 17.8 Å². The number of carbonyl (C=O) groups is 1. The first-order chi connectivity index (χ1) is 8.33. The van der Waals surface area contributed by atoms with Crippen molar-refractivity contribution >= 4 is 5.91 Å². The number of hydrogen-bond acceptors (Lipinski definition) is 3. The van der Waals surface area contributed by atoms with E-state index in [0.717, 1.165) is 25.7 Å². The van der Waals surface area contributed by atoms with Crippen molar-refractivity contribution in [2.45, 2.75) is 31.8 Å². The molecular weight excluding hydrogens is 218 g/mol. The zero-order chi connectivity index (χ0) is 11.4. The molecule has 2 aliphatic carbocycles. The van der Waals surface area contributed by atoms with Crippen molar-refractivity contribution in [1.29, 1.82) is 0 Å². The van der Waals surface area contributed by atoms with Gasteiger partial charge >= 0.3 is 0 Å². The third-order valence-electron chi connectivity index (χ3n) is 4.68. The van der Waals surface area contributed by atoms with E-state index in [4.69, 9.17) is 9.78 Å². The monoisotopic (exact) mass is 233 g/mol. The van der Waals surface area contributed by atoms with Gasteiger partial charge in [-0.3, -0.25) is 4.79 Å². The Morgan fingerprint density at radius 1 is 1.35 bits per heavy atom. The number of fused-ring (bicyclic) bond motifs is 4. The molecule has 2 aliphatic heterocycles. The topological polar surface area (TPSA) is 47.6 Å². The van der Waals surface area contributed by atoms with E-state index < -0.39 is 0 Å². The van der Waals surface area contributed by atoms with Crippen LogP contribution in [0.5, 0.6) is 0 Å². The highest BCUT2D eigenvalue weighted by Crippen LogP contribution is 2.50. The van der Waals surface area contributed by atoms with Crippen molar-refractivity contribution in [2.75, 3.05) is 0 Å². The number of carbonyl (C=O) groups excluding carboxylic acids is 1. The first-order valence-corrected chi connectivity index (χ1v) is 6.34. The molecule has 0 saturated heterocycles. The van der Waals surface area contributed by atoms with E-state index in [0.29, 0.717) is 11.8 Å². The van der Waals surface area contributed by atoms with Crippen LogP contribution in [0.15, 0.2) is 23.6 Å². The minimum absolute atomic E-state index is 0.136. The minimum Gasteiger partial charge on any atom is -0.345 e. The molecule has 0 aromatic rings. The second kappa shape index (κ2) is 3.35. The number of nitrogens with one attached hydrogen (secondary N) is 1. The third kappa shape index (κ3) is 1.30. The van der Waals surface area contributed by atoms with Gasteiger partial charge in [0, 0.05) is 11.8 Å². The Morgan fingerprint density at radius 2 is 2.29 bits per heavy atom. The van der Waals surface area contributed by atoms with Gasteiger partial charge in [0.1, 0.15) is 12.4 Å². The molecule has 2 heterocycles. The molecule has 90 valence electrons. The summed E-state index contributed by atoms with van der Waals surface area (Å²) in [6.45, 7) is 0. The summed E-state index contributed by atoms with van der Waals surface area (Å²) >= 11 is 0. The Kier molecular flexibility index (Phi) is 1.92. The molecule has 4 atom stereocenters. The SMILES string of the molecule is O=C1NC=C2CC3C4=COOC4CCC3CC12.